The van der Waals surface area contributed by atoms with Crippen molar-refractivity contribution in [2.45, 2.75) is 19.4 Å². The molecule has 4 amide bonds. The van der Waals surface area contributed by atoms with Gasteiger partial charge in [0.05, 0.1) is 5.69 Å². The second-order valence-corrected chi connectivity index (χ2v) is 6.87. The number of barbiturate groups is 1. The highest BCUT2D eigenvalue weighted by atomic mass is 35.5. The first-order chi connectivity index (χ1) is 12.9. The van der Waals surface area contributed by atoms with E-state index in [2.05, 4.69) is 5.32 Å². The predicted octanol–water partition coefficient (Wildman–Crippen LogP) is 3.33. The van der Waals surface area contributed by atoms with Crippen molar-refractivity contribution in [1.29, 1.82) is 0 Å². The Kier molecular flexibility index (Phi) is 4.20. The molecule has 1 saturated heterocycles. The summed E-state index contributed by atoms with van der Waals surface area (Å²) >= 11 is 5.86. The number of hydrogen-bond acceptors (Lipinski definition) is 4. The lowest BCUT2D eigenvalue weighted by Gasteiger charge is -2.26. The molecule has 2 aliphatic heterocycles. The van der Waals surface area contributed by atoms with Gasteiger partial charge in [-0.25, -0.2) is 9.69 Å². The van der Waals surface area contributed by atoms with Crippen molar-refractivity contribution in [3.63, 3.8) is 0 Å². The number of nitrogens with zero attached hydrogens (tertiary/aromatic N) is 1. The third-order valence-electron chi connectivity index (χ3n) is 4.42. The summed E-state index contributed by atoms with van der Waals surface area (Å²) in [5.74, 6) is -0.599. The minimum atomic E-state index is -0.791. The quantitative estimate of drug-likeness (QED) is 0.638. The van der Waals surface area contributed by atoms with Gasteiger partial charge in [-0.1, -0.05) is 17.7 Å². The van der Waals surface area contributed by atoms with E-state index in [0.717, 1.165) is 22.6 Å². The second-order valence-electron chi connectivity index (χ2n) is 6.43. The molecule has 0 bridgehead atoms. The number of imide groups is 2. The van der Waals surface area contributed by atoms with E-state index in [9.17, 15) is 14.4 Å². The molecule has 0 aromatic heterocycles. The Morgan fingerprint density at radius 1 is 1.15 bits per heavy atom. The highest BCUT2D eigenvalue weighted by Crippen LogP contribution is 2.30. The molecular weight excluding hydrogens is 368 g/mol. The molecule has 0 aliphatic carbocycles. The maximum atomic E-state index is 12.8. The Hall–Kier alpha value is -3.12. The number of fused-ring (bicyclic) bond motifs is 1. The maximum absolute atomic E-state index is 12.8. The minimum Gasteiger partial charge on any atom is -0.490 e. The fourth-order valence-electron chi connectivity index (χ4n) is 3.18. The molecule has 4 rings (SSSR count). The maximum Gasteiger partial charge on any atom is 0.335 e. The first-order valence-corrected chi connectivity index (χ1v) is 8.77. The summed E-state index contributed by atoms with van der Waals surface area (Å²) in [6, 6.07) is 10.9. The molecule has 27 heavy (non-hydrogen) atoms. The molecule has 1 N–H and O–H groups in total. The molecular formula is C20H15ClN2O4. The fourth-order valence-corrected chi connectivity index (χ4v) is 3.31. The van der Waals surface area contributed by atoms with Crippen LogP contribution in [0.15, 0.2) is 48.0 Å². The highest BCUT2D eigenvalue weighted by Gasteiger charge is 2.36. The van der Waals surface area contributed by atoms with E-state index >= 15 is 0 Å². The number of rotatable bonds is 2. The molecule has 0 unspecified atom stereocenters. The molecule has 0 saturated carbocycles. The molecule has 2 aromatic rings. The lowest BCUT2D eigenvalue weighted by Crippen LogP contribution is -2.54. The summed E-state index contributed by atoms with van der Waals surface area (Å²) < 4.78 is 5.66. The molecule has 0 spiro atoms. The lowest BCUT2D eigenvalue weighted by atomic mass is 10.0. The van der Waals surface area contributed by atoms with Gasteiger partial charge in [0.25, 0.3) is 11.8 Å². The van der Waals surface area contributed by atoms with Gasteiger partial charge < -0.3 is 4.74 Å². The van der Waals surface area contributed by atoms with Crippen LogP contribution in [0.4, 0.5) is 10.5 Å². The van der Waals surface area contributed by atoms with Crippen LogP contribution in [-0.4, -0.2) is 23.9 Å². The molecule has 7 heteroatoms. The number of carbonyl (C=O) groups excluding carboxylic acids is 3. The van der Waals surface area contributed by atoms with Crippen LogP contribution in [0.5, 0.6) is 5.75 Å². The van der Waals surface area contributed by atoms with Crippen LogP contribution >= 0.6 is 11.6 Å². The molecule has 136 valence electrons. The third-order valence-corrected chi connectivity index (χ3v) is 4.67. The van der Waals surface area contributed by atoms with Crippen LogP contribution in [0.1, 0.15) is 18.1 Å². The predicted molar refractivity (Wildman–Crippen MR) is 101 cm³/mol. The summed E-state index contributed by atoms with van der Waals surface area (Å²) in [6.07, 6.45) is 2.35. The highest BCUT2D eigenvalue weighted by molar-refractivity contribution is 6.39. The summed E-state index contributed by atoms with van der Waals surface area (Å²) in [4.78, 5) is 38.2. The van der Waals surface area contributed by atoms with Crippen LogP contribution in [0.25, 0.3) is 6.08 Å². The number of carbonyl (C=O) groups is 3. The summed E-state index contributed by atoms with van der Waals surface area (Å²) in [7, 11) is 0. The zero-order chi connectivity index (χ0) is 19.1. The van der Waals surface area contributed by atoms with Crippen LogP contribution < -0.4 is 15.0 Å². The Bertz CT molecular complexity index is 998. The van der Waals surface area contributed by atoms with E-state index < -0.39 is 17.8 Å². The van der Waals surface area contributed by atoms with E-state index in [1.54, 1.807) is 30.3 Å². The van der Waals surface area contributed by atoms with Gasteiger partial charge in [0, 0.05) is 11.4 Å². The first kappa shape index (κ1) is 17.3. The van der Waals surface area contributed by atoms with Gasteiger partial charge in [0.1, 0.15) is 17.4 Å². The van der Waals surface area contributed by atoms with Gasteiger partial charge in [-0.15, -0.1) is 0 Å². The van der Waals surface area contributed by atoms with Crippen molar-refractivity contribution in [3.8, 4) is 5.75 Å². The van der Waals surface area contributed by atoms with Crippen molar-refractivity contribution < 1.29 is 19.1 Å². The monoisotopic (exact) mass is 382 g/mol. The van der Waals surface area contributed by atoms with Crippen molar-refractivity contribution in [2.75, 3.05) is 4.90 Å². The van der Waals surface area contributed by atoms with E-state index in [-0.39, 0.29) is 11.7 Å². The summed E-state index contributed by atoms with van der Waals surface area (Å²) in [5.41, 5.74) is 1.93. The van der Waals surface area contributed by atoms with Crippen molar-refractivity contribution in [1.82, 2.24) is 5.32 Å². The number of halogens is 1. The number of benzene rings is 2. The summed E-state index contributed by atoms with van der Waals surface area (Å²) in [6.45, 7) is 1.98. The standard InChI is InChI=1S/C20H15ClN2O4/c1-11-8-13-9-12(2-7-17(13)27-11)10-16-18(24)22-20(26)23(19(16)25)15-5-3-14(21)4-6-15/h2-7,9-11H,8H2,1H3,(H,22,24,26)/b16-10-/t11-/m0/s1. The topological polar surface area (TPSA) is 75.7 Å². The van der Waals surface area contributed by atoms with Crippen LogP contribution in [0.3, 0.4) is 0 Å². The largest absolute Gasteiger partial charge is 0.490 e. The first-order valence-electron chi connectivity index (χ1n) is 8.39. The summed E-state index contributed by atoms with van der Waals surface area (Å²) in [5, 5.41) is 2.68. The minimum absolute atomic E-state index is 0.0977. The molecule has 2 heterocycles. The van der Waals surface area contributed by atoms with E-state index in [4.69, 9.17) is 16.3 Å². The average molecular weight is 383 g/mol. The Balaban J connectivity index is 1.69. The fraction of sp³-hybridized carbons (Fsp3) is 0.150. The van der Waals surface area contributed by atoms with E-state index in [1.165, 1.54) is 6.08 Å². The Labute approximate surface area is 160 Å². The number of nitrogens with one attached hydrogen (secondary N) is 1. The number of urea groups is 1. The number of amides is 4. The van der Waals surface area contributed by atoms with Crippen LogP contribution in [0.2, 0.25) is 5.02 Å². The average Bonchev–Trinajstić information content (AvgIpc) is 2.99. The zero-order valence-corrected chi connectivity index (χ0v) is 15.1. The molecule has 1 fully saturated rings. The number of hydrogen-bond donors (Lipinski definition) is 1. The van der Waals surface area contributed by atoms with Crippen LogP contribution in [-0.2, 0) is 16.0 Å². The smallest absolute Gasteiger partial charge is 0.335 e. The van der Waals surface area contributed by atoms with Crippen LogP contribution in [0, 0.1) is 0 Å². The lowest BCUT2D eigenvalue weighted by molar-refractivity contribution is -0.122. The van der Waals surface area contributed by atoms with E-state index in [1.807, 2.05) is 19.1 Å². The van der Waals surface area contributed by atoms with Crippen molar-refractivity contribution in [2.24, 2.45) is 0 Å². The second kappa shape index (κ2) is 6.55. The van der Waals surface area contributed by atoms with Gasteiger partial charge >= 0.3 is 6.03 Å². The van der Waals surface area contributed by atoms with Gasteiger partial charge in [-0.3, -0.25) is 14.9 Å². The normalized spacial score (nSPS) is 20.5. The SMILES string of the molecule is C[C@H]1Cc2cc(/C=C3/C(=O)NC(=O)N(c4ccc(Cl)cc4)C3=O)ccc2O1. The van der Waals surface area contributed by atoms with Gasteiger partial charge in [0.2, 0.25) is 0 Å². The molecule has 2 aromatic carbocycles. The molecule has 6 nitrogen and oxygen atoms in total. The van der Waals surface area contributed by atoms with E-state index in [0.29, 0.717) is 16.3 Å². The van der Waals surface area contributed by atoms with Gasteiger partial charge in [-0.05, 0) is 60.5 Å². The van der Waals surface area contributed by atoms with Crippen molar-refractivity contribution >= 4 is 41.2 Å². The van der Waals surface area contributed by atoms with Crippen molar-refractivity contribution in [3.05, 3.63) is 64.2 Å². The Morgan fingerprint density at radius 3 is 2.63 bits per heavy atom. The zero-order valence-electron chi connectivity index (χ0n) is 14.4. The number of anilines is 1. The molecule has 0 radical (unpaired) electrons. The van der Waals surface area contributed by atoms with Gasteiger partial charge in [0.15, 0.2) is 0 Å². The van der Waals surface area contributed by atoms with Gasteiger partial charge in [-0.2, -0.15) is 0 Å². The molecule has 2 aliphatic rings. The third kappa shape index (κ3) is 3.19. The number of ether oxygens (including phenoxy) is 1. The Morgan fingerprint density at radius 2 is 1.89 bits per heavy atom. The molecule has 1 atom stereocenters.